The van der Waals surface area contributed by atoms with Gasteiger partial charge in [-0.05, 0) is 0 Å². The Labute approximate surface area is 171 Å². The molecule has 0 atom stereocenters. The van der Waals surface area contributed by atoms with Crippen LogP contribution in [0.4, 0.5) is 4.39 Å². The number of hydrogen-bond acceptors (Lipinski definition) is 1. The number of fused-ring (bicyclic) bond motifs is 3. The molecular formula is C24H25FNOSe+. The maximum absolute atomic E-state index is 14.7. The van der Waals surface area contributed by atoms with Gasteiger partial charge in [-0.1, -0.05) is 0 Å². The number of pyridine rings is 1. The molecule has 28 heavy (non-hydrogen) atoms. The van der Waals surface area contributed by atoms with E-state index >= 15 is 0 Å². The summed E-state index contributed by atoms with van der Waals surface area (Å²) < 4.78 is 24.0. The van der Waals surface area contributed by atoms with Gasteiger partial charge in [0.2, 0.25) is 0 Å². The van der Waals surface area contributed by atoms with Gasteiger partial charge in [-0.25, -0.2) is 0 Å². The Kier molecular flexibility index (Phi) is 5.52. The van der Waals surface area contributed by atoms with Crippen LogP contribution in [-0.4, -0.2) is 15.0 Å². The molecule has 2 aromatic carbocycles. The maximum atomic E-state index is 14.7. The predicted octanol–water partition coefficient (Wildman–Crippen LogP) is 5.46. The van der Waals surface area contributed by atoms with E-state index in [0.29, 0.717) is 0 Å². The Balaban J connectivity index is 1.93. The first-order valence-electron chi connectivity index (χ1n) is 9.84. The van der Waals surface area contributed by atoms with Crippen molar-refractivity contribution in [3.05, 3.63) is 60.0 Å². The molecular weight excluding hydrogens is 416 g/mol. The molecule has 4 heteroatoms. The second-order valence-electron chi connectivity index (χ2n) is 7.24. The minimum atomic E-state index is -0.133. The summed E-state index contributed by atoms with van der Waals surface area (Å²) in [6, 6.07) is 13.9. The van der Waals surface area contributed by atoms with Gasteiger partial charge in [-0.2, -0.15) is 0 Å². The van der Waals surface area contributed by atoms with Crippen molar-refractivity contribution in [2.24, 2.45) is 7.05 Å². The zero-order chi connectivity index (χ0) is 19.7. The number of aromatic nitrogens is 1. The first-order valence-corrected chi connectivity index (χ1v) is 11.9. The fraction of sp³-hybridized carbons (Fsp3) is 0.292. The second kappa shape index (κ2) is 8.06. The molecule has 0 amide bonds. The predicted molar refractivity (Wildman–Crippen MR) is 115 cm³/mol. The Morgan fingerprint density at radius 3 is 2.57 bits per heavy atom. The van der Waals surface area contributed by atoms with E-state index in [-0.39, 0.29) is 20.8 Å². The standard InChI is InChI=1S/C24H25FNOSe/c1-4-5-8-15-28-24-19(25)13-12-18-17-11-10-16(2)21(22(17)27-23(18)24)20-9-6-7-14-26(20)3/h6-7,9-14H,4-5,8,15H2,1-3H3/q+1. The summed E-state index contributed by atoms with van der Waals surface area (Å²) in [5, 5.41) is 3.13. The van der Waals surface area contributed by atoms with Crippen LogP contribution in [0, 0.1) is 12.7 Å². The van der Waals surface area contributed by atoms with Crippen LogP contribution >= 0.6 is 0 Å². The normalized spacial score (nSPS) is 11.6. The topological polar surface area (TPSA) is 17.0 Å². The molecule has 2 nitrogen and oxygen atoms in total. The minimum absolute atomic E-state index is 0.0826. The molecule has 0 unspecified atom stereocenters. The first kappa shape index (κ1) is 19.2. The zero-order valence-electron chi connectivity index (χ0n) is 16.6. The van der Waals surface area contributed by atoms with Crippen LogP contribution in [0.3, 0.4) is 0 Å². The molecule has 2 aromatic heterocycles. The molecule has 0 saturated heterocycles. The molecule has 0 N–H and O–H groups in total. The molecule has 0 bridgehead atoms. The van der Waals surface area contributed by atoms with Crippen molar-refractivity contribution in [2.75, 3.05) is 0 Å². The van der Waals surface area contributed by atoms with Crippen LogP contribution in [0.15, 0.2) is 53.1 Å². The molecule has 2 heterocycles. The first-order chi connectivity index (χ1) is 13.6. The summed E-state index contributed by atoms with van der Waals surface area (Å²) in [5.41, 5.74) is 4.93. The number of halogens is 1. The van der Waals surface area contributed by atoms with Gasteiger partial charge in [0, 0.05) is 0 Å². The summed E-state index contributed by atoms with van der Waals surface area (Å²) in [4.78, 5) is 0. The summed E-state index contributed by atoms with van der Waals surface area (Å²) >= 11 is 0.0826. The molecule has 0 aliphatic carbocycles. The van der Waals surface area contributed by atoms with Crippen LogP contribution < -0.4 is 9.03 Å². The van der Waals surface area contributed by atoms with Gasteiger partial charge >= 0.3 is 172 Å². The van der Waals surface area contributed by atoms with Gasteiger partial charge in [0.05, 0.1) is 0 Å². The van der Waals surface area contributed by atoms with Crippen molar-refractivity contribution in [1.29, 1.82) is 0 Å². The number of furan rings is 1. The molecule has 0 aliphatic rings. The molecule has 0 aliphatic heterocycles. The average Bonchev–Trinajstić information content (AvgIpc) is 3.06. The van der Waals surface area contributed by atoms with Crippen molar-refractivity contribution in [1.82, 2.24) is 0 Å². The zero-order valence-corrected chi connectivity index (χ0v) is 18.3. The van der Waals surface area contributed by atoms with Crippen molar-refractivity contribution >= 4 is 41.4 Å². The van der Waals surface area contributed by atoms with Crippen LogP contribution in [-0.2, 0) is 7.05 Å². The second-order valence-corrected chi connectivity index (χ2v) is 9.56. The van der Waals surface area contributed by atoms with E-state index in [0.717, 1.165) is 55.0 Å². The molecule has 144 valence electrons. The number of benzene rings is 2. The summed E-state index contributed by atoms with van der Waals surface area (Å²) in [5.74, 6) is -0.133. The summed E-state index contributed by atoms with van der Waals surface area (Å²) in [6.45, 7) is 4.30. The molecule has 0 spiro atoms. The average molecular weight is 441 g/mol. The van der Waals surface area contributed by atoms with Crippen LogP contribution in [0.5, 0.6) is 0 Å². The van der Waals surface area contributed by atoms with Crippen LogP contribution in [0.2, 0.25) is 5.32 Å². The van der Waals surface area contributed by atoms with Gasteiger partial charge in [-0.15, -0.1) is 0 Å². The monoisotopic (exact) mass is 442 g/mol. The molecule has 0 radical (unpaired) electrons. The van der Waals surface area contributed by atoms with Gasteiger partial charge in [0.15, 0.2) is 0 Å². The van der Waals surface area contributed by atoms with Crippen molar-refractivity contribution in [2.45, 2.75) is 38.4 Å². The summed E-state index contributed by atoms with van der Waals surface area (Å²) in [6.07, 6.45) is 5.58. The van der Waals surface area contributed by atoms with E-state index in [9.17, 15) is 4.39 Å². The van der Waals surface area contributed by atoms with Gasteiger partial charge in [0.1, 0.15) is 0 Å². The van der Waals surface area contributed by atoms with E-state index in [1.54, 1.807) is 6.07 Å². The van der Waals surface area contributed by atoms with E-state index in [2.05, 4.69) is 36.6 Å². The number of nitrogens with zero attached hydrogens (tertiary/aromatic N) is 1. The molecule has 4 aromatic rings. The molecule has 0 fully saturated rings. The van der Waals surface area contributed by atoms with Gasteiger partial charge in [0.25, 0.3) is 0 Å². The van der Waals surface area contributed by atoms with Gasteiger partial charge < -0.3 is 0 Å². The fourth-order valence-electron chi connectivity index (χ4n) is 3.72. The number of rotatable bonds is 6. The third kappa shape index (κ3) is 3.36. The van der Waals surface area contributed by atoms with E-state index < -0.39 is 0 Å². The van der Waals surface area contributed by atoms with Crippen molar-refractivity contribution in [3.63, 3.8) is 0 Å². The number of aryl methyl sites for hydroxylation is 2. The third-order valence-corrected chi connectivity index (χ3v) is 7.67. The Morgan fingerprint density at radius 1 is 1.00 bits per heavy atom. The van der Waals surface area contributed by atoms with Crippen LogP contribution in [0.1, 0.15) is 31.7 Å². The third-order valence-electron chi connectivity index (χ3n) is 5.23. The Morgan fingerprint density at radius 2 is 1.79 bits per heavy atom. The number of unbranched alkanes of at least 4 members (excludes halogenated alkanes) is 2. The Bertz CT molecular complexity index is 1150. The molecule has 4 rings (SSSR count). The van der Waals surface area contributed by atoms with Gasteiger partial charge in [-0.3, -0.25) is 0 Å². The van der Waals surface area contributed by atoms with Crippen LogP contribution in [0.25, 0.3) is 33.2 Å². The Hall–Kier alpha value is -2.16. The van der Waals surface area contributed by atoms with E-state index in [1.165, 1.54) is 12.8 Å². The SMILES string of the molecule is CCCCC[Se]c1c(F)ccc2c1oc1c(-c3cccc[n+]3C)c(C)ccc12. The molecule has 0 saturated carbocycles. The fourth-order valence-corrected chi connectivity index (χ4v) is 5.90. The van der Waals surface area contributed by atoms with Crippen molar-refractivity contribution in [3.8, 4) is 11.3 Å². The van der Waals surface area contributed by atoms with E-state index in [4.69, 9.17) is 4.42 Å². The van der Waals surface area contributed by atoms with Crippen molar-refractivity contribution < 1.29 is 13.4 Å². The number of hydrogen-bond donors (Lipinski definition) is 0. The van der Waals surface area contributed by atoms with E-state index in [1.807, 2.05) is 31.4 Å². The quantitative estimate of drug-likeness (QED) is 0.221. The summed E-state index contributed by atoms with van der Waals surface area (Å²) in [7, 11) is 2.04.